The molecule has 204 valence electrons. The van der Waals surface area contributed by atoms with Gasteiger partial charge < -0.3 is 16.0 Å². The number of carbonyl (C=O) groups excluding carboxylic acids is 1. The molecule has 5 nitrogen and oxygen atoms in total. The molecular weight excluding hydrogens is 504 g/mol. The zero-order chi connectivity index (χ0) is 28.3. The van der Waals surface area contributed by atoms with Gasteiger partial charge in [-0.3, -0.25) is 9.18 Å². The highest BCUT2D eigenvalue weighted by molar-refractivity contribution is 7.22. The van der Waals surface area contributed by atoms with Crippen LogP contribution in [-0.2, 0) is 11.0 Å². The number of rotatable bonds is 7. The minimum absolute atomic E-state index is 0.366. The van der Waals surface area contributed by atoms with Crippen molar-refractivity contribution in [3.05, 3.63) is 72.3 Å². The molecule has 3 N–H and O–H groups in total. The maximum Gasteiger partial charge on any atom is 0.416 e. The highest BCUT2D eigenvalue weighted by Gasteiger charge is 2.29. The van der Waals surface area contributed by atoms with Gasteiger partial charge in [-0.2, -0.15) is 13.2 Å². The summed E-state index contributed by atoms with van der Waals surface area (Å²) in [7, 11) is 4.25. The molecule has 0 saturated carbocycles. The summed E-state index contributed by atoms with van der Waals surface area (Å²) in [5, 5.41) is 9.64. The number of thiazole rings is 1. The molecule has 1 aromatic heterocycles. The van der Waals surface area contributed by atoms with Crippen LogP contribution in [0.15, 0.2) is 61.2 Å². The molecule has 0 aliphatic rings. The normalized spacial score (nSPS) is 10.3. The van der Waals surface area contributed by atoms with Crippen LogP contribution in [0, 0.1) is 0 Å². The van der Waals surface area contributed by atoms with E-state index < -0.39 is 11.7 Å². The van der Waals surface area contributed by atoms with Crippen molar-refractivity contribution in [2.24, 2.45) is 0 Å². The Balaban J connectivity index is 0.00000145. The molecule has 10 heteroatoms. The zero-order valence-electron chi connectivity index (χ0n) is 21.9. The average Bonchev–Trinajstić information content (AvgIpc) is 3.27. The second-order valence-electron chi connectivity index (χ2n) is 7.33. The zero-order valence-corrected chi connectivity index (χ0v) is 22.7. The van der Waals surface area contributed by atoms with E-state index in [1.54, 1.807) is 12.1 Å². The lowest BCUT2D eigenvalue weighted by Crippen LogP contribution is -2.07. The first-order chi connectivity index (χ1) is 17.7. The Kier molecular flexibility index (Phi) is 17.3. The Morgan fingerprint density at radius 2 is 1.70 bits per heavy atom. The summed E-state index contributed by atoms with van der Waals surface area (Å²) in [5.41, 5.74) is 1.27. The molecule has 1 heterocycles. The van der Waals surface area contributed by atoms with E-state index in [1.807, 2.05) is 33.2 Å². The molecule has 0 bridgehead atoms. The van der Waals surface area contributed by atoms with E-state index in [2.05, 4.69) is 34.4 Å². The quantitative estimate of drug-likeness (QED) is 0.124. The van der Waals surface area contributed by atoms with E-state index in [0.29, 0.717) is 18.4 Å². The third kappa shape index (κ3) is 13.6. The van der Waals surface area contributed by atoms with E-state index in [9.17, 15) is 22.4 Å². The minimum Gasteiger partial charge on any atom is -0.361 e. The number of benzene rings is 2. The number of allylic oxidation sites excluding steroid dienone is 1. The average molecular weight is 541 g/mol. The number of nitrogens with zero attached hydrogens (tertiary/aromatic N) is 1. The molecule has 0 unspecified atom stereocenters. The minimum atomic E-state index is -4.37. The molecule has 0 spiro atoms. The van der Waals surface area contributed by atoms with Gasteiger partial charge in [0.25, 0.3) is 0 Å². The largest absolute Gasteiger partial charge is 0.416 e. The van der Waals surface area contributed by atoms with E-state index in [-0.39, 0.29) is 5.91 Å². The van der Waals surface area contributed by atoms with Gasteiger partial charge in [0.05, 0.1) is 23.0 Å². The monoisotopic (exact) mass is 540 g/mol. The van der Waals surface area contributed by atoms with Crippen molar-refractivity contribution < 1.29 is 22.4 Å². The highest BCUT2D eigenvalue weighted by atomic mass is 32.1. The molecule has 3 rings (SSSR count). The van der Waals surface area contributed by atoms with Crippen molar-refractivity contribution >= 4 is 44.4 Å². The SMILES string of the molecule is C=CC.CCCCNc1nc2ccc(NC(=O)/C=C/c3ccc(C(F)(F)F)cc3)cc2s1.CF.CNC. The maximum atomic E-state index is 12.6. The van der Waals surface area contributed by atoms with Gasteiger partial charge in [0.2, 0.25) is 5.91 Å². The second-order valence-corrected chi connectivity index (χ2v) is 8.36. The number of aromatic nitrogens is 1. The van der Waals surface area contributed by atoms with Crippen LogP contribution in [0.3, 0.4) is 0 Å². The Bertz CT molecular complexity index is 1080. The molecule has 0 saturated heterocycles. The fourth-order valence-electron chi connectivity index (χ4n) is 2.59. The lowest BCUT2D eigenvalue weighted by atomic mass is 10.1. The number of nitrogens with one attached hydrogen (secondary N) is 3. The first-order valence-electron chi connectivity index (χ1n) is 11.5. The van der Waals surface area contributed by atoms with Crippen LogP contribution in [0.2, 0.25) is 0 Å². The molecule has 0 radical (unpaired) electrons. The van der Waals surface area contributed by atoms with Crippen molar-refractivity contribution in [1.82, 2.24) is 10.3 Å². The molecule has 1 amide bonds. The summed E-state index contributed by atoms with van der Waals surface area (Å²) in [6.07, 6.45) is 2.31. The van der Waals surface area contributed by atoms with Crippen molar-refractivity contribution in [2.75, 3.05) is 38.5 Å². The van der Waals surface area contributed by atoms with E-state index in [0.717, 1.165) is 46.9 Å². The number of hydrogen-bond acceptors (Lipinski definition) is 5. The Morgan fingerprint density at radius 1 is 1.11 bits per heavy atom. The van der Waals surface area contributed by atoms with Crippen molar-refractivity contribution in [3.8, 4) is 0 Å². The summed E-state index contributed by atoms with van der Waals surface area (Å²) in [6.45, 7) is 8.25. The second kappa shape index (κ2) is 18.9. The van der Waals surface area contributed by atoms with Crippen LogP contribution in [-0.4, -0.2) is 38.7 Å². The van der Waals surface area contributed by atoms with Gasteiger partial charge >= 0.3 is 6.18 Å². The van der Waals surface area contributed by atoms with Crippen LogP contribution in [0.25, 0.3) is 16.3 Å². The van der Waals surface area contributed by atoms with Gasteiger partial charge in [0.15, 0.2) is 5.13 Å². The first kappa shape index (κ1) is 33.8. The van der Waals surface area contributed by atoms with Crippen molar-refractivity contribution in [3.63, 3.8) is 0 Å². The molecule has 0 aliphatic heterocycles. The predicted octanol–water partition coefficient (Wildman–Crippen LogP) is 7.79. The number of alkyl halides is 4. The summed E-state index contributed by atoms with van der Waals surface area (Å²) in [4.78, 5) is 16.6. The number of anilines is 2. The Labute approximate surface area is 220 Å². The Morgan fingerprint density at radius 3 is 2.24 bits per heavy atom. The van der Waals surface area contributed by atoms with E-state index in [1.165, 1.54) is 35.6 Å². The lowest BCUT2D eigenvalue weighted by molar-refractivity contribution is -0.137. The first-order valence-corrected chi connectivity index (χ1v) is 12.3. The fourth-order valence-corrected chi connectivity index (χ4v) is 3.52. The van der Waals surface area contributed by atoms with Gasteiger partial charge in [0, 0.05) is 18.3 Å². The summed E-state index contributed by atoms with van der Waals surface area (Å²) < 4.78 is 48.2. The number of halogens is 4. The van der Waals surface area contributed by atoms with Crippen molar-refractivity contribution in [1.29, 1.82) is 0 Å². The standard InChI is InChI=1S/C21H20F3N3OS.C3H6.C2H7N.CH3F/c1-2-3-12-25-20-27-17-10-9-16(13-18(17)29-20)26-19(28)11-6-14-4-7-15(8-5-14)21(22,23)24;2*1-3-2;1-2/h4-11,13H,2-3,12H2,1H3,(H,25,27)(H,26,28);3H,1H2,2H3;3H,1-2H3;1H3/b11-6+;;;. The van der Waals surface area contributed by atoms with Crippen LogP contribution < -0.4 is 16.0 Å². The van der Waals surface area contributed by atoms with Gasteiger partial charge in [-0.1, -0.05) is 42.9 Å². The molecule has 0 fully saturated rings. The maximum absolute atomic E-state index is 12.6. The molecular formula is C27H36F4N4OS. The number of unbranched alkanes of at least 4 members (excludes halogenated alkanes) is 1. The number of carbonyl (C=O) groups is 1. The van der Waals surface area contributed by atoms with Gasteiger partial charge in [0.1, 0.15) is 0 Å². The predicted molar refractivity (Wildman–Crippen MR) is 150 cm³/mol. The summed E-state index contributed by atoms with van der Waals surface area (Å²) >= 11 is 1.52. The molecule has 0 atom stereocenters. The summed E-state index contributed by atoms with van der Waals surface area (Å²) in [6, 6.07) is 10.1. The topological polar surface area (TPSA) is 66.0 Å². The molecule has 37 heavy (non-hydrogen) atoms. The molecule has 0 aliphatic carbocycles. The van der Waals surface area contributed by atoms with Gasteiger partial charge in [-0.15, -0.1) is 6.58 Å². The summed E-state index contributed by atoms with van der Waals surface area (Å²) in [5.74, 6) is -0.366. The molecule has 3 aromatic rings. The fraction of sp³-hybridized carbons (Fsp3) is 0.333. The third-order valence-electron chi connectivity index (χ3n) is 4.13. The molecule has 2 aromatic carbocycles. The Hall–Kier alpha value is -3.24. The van der Waals surface area contributed by atoms with Crippen molar-refractivity contribution in [2.45, 2.75) is 32.9 Å². The lowest BCUT2D eigenvalue weighted by Gasteiger charge is -2.06. The third-order valence-corrected chi connectivity index (χ3v) is 5.10. The number of hydrogen-bond donors (Lipinski definition) is 3. The van der Waals surface area contributed by atoms with Crippen LogP contribution in [0.5, 0.6) is 0 Å². The van der Waals surface area contributed by atoms with E-state index in [4.69, 9.17) is 0 Å². The van der Waals surface area contributed by atoms with Crippen LogP contribution in [0.1, 0.15) is 37.8 Å². The number of amides is 1. The highest BCUT2D eigenvalue weighted by Crippen LogP contribution is 2.30. The van der Waals surface area contributed by atoms with E-state index >= 15 is 0 Å². The van der Waals surface area contributed by atoms with Gasteiger partial charge in [-0.25, -0.2) is 4.98 Å². The number of fused-ring (bicyclic) bond motifs is 1. The van der Waals surface area contributed by atoms with Crippen LogP contribution >= 0.6 is 11.3 Å². The smallest absolute Gasteiger partial charge is 0.361 e. The van der Waals surface area contributed by atoms with Crippen LogP contribution in [0.4, 0.5) is 28.4 Å². The van der Waals surface area contributed by atoms with Gasteiger partial charge in [-0.05, 0) is 69.4 Å².